The van der Waals surface area contributed by atoms with Gasteiger partial charge in [-0.05, 0) is 66.7 Å². The van der Waals surface area contributed by atoms with Crippen LogP contribution in [0.3, 0.4) is 0 Å². The summed E-state index contributed by atoms with van der Waals surface area (Å²) in [5, 5.41) is 0. The van der Waals surface area contributed by atoms with Crippen LogP contribution >= 0.6 is 0 Å². The predicted molar refractivity (Wildman–Crippen MR) is 124 cm³/mol. The number of likely N-dealkylation sites (N-methyl/N-ethyl adjacent to an activating group) is 1. The van der Waals surface area contributed by atoms with Gasteiger partial charge in [-0.15, -0.1) is 0 Å². The van der Waals surface area contributed by atoms with Gasteiger partial charge < -0.3 is 14.4 Å². The molecule has 0 saturated carbocycles. The van der Waals surface area contributed by atoms with Crippen LogP contribution in [0.2, 0.25) is 0 Å². The van der Waals surface area contributed by atoms with Gasteiger partial charge in [0.05, 0.1) is 24.2 Å². The monoisotopic (exact) mass is 472 g/mol. The molecule has 0 aliphatic carbocycles. The number of nitrogens with zero attached hydrogens (tertiary/aromatic N) is 2. The summed E-state index contributed by atoms with van der Waals surface area (Å²) in [5.41, 5.74) is 0.700. The molecule has 0 aliphatic rings. The van der Waals surface area contributed by atoms with Crippen molar-refractivity contribution in [1.29, 1.82) is 0 Å². The third kappa shape index (κ3) is 5.81. The minimum Gasteiger partial charge on any atom is -0.497 e. The average Bonchev–Trinajstić information content (AvgIpc) is 2.84. The zero-order chi connectivity index (χ0) is 24.0. The summed E-state index contributed by atoms with van der Waals surface area (Å²) in [4.78, 5) is 14.3. The Balaban J connectivity index is 1.68. The van der Waals surface area contributed by atoms with E-state index < -0.39 is 10.0 Å². The van der Waals surface area contributed by atoms with Crippen LogP contribution in [0.5, 0.6) is 11.5 Å². The Morgan fingerprint density at radius 3 is 2.21 bits per heavy atom. The van der Waals surface area contributed by atoms with Crippen molar-refractivity contribution < 1.29 is 27.1 Å². The fraction of sp³-hybridized carbons (Fsp3) is 0.208. The van der Waals surface area contributed by atoms with E-state index in [1.165, 1.54) is 61.5 Å². The fourth-order valence-electron chi connectivity index (χ4n) is 3.03. The number of hydrogen-bond donors (Lipinski definition) is 0. The van der Waals surface area contributed by atoms with Crippen LogP contribution in [0, 0.1) is 5.82 Å². The van der Waals surface area contributed by atoms with Crippen LogP contribution in [-0.4, -0.2) is 53.6 Å². The Morgan fingerprint density at radius 2 is 1.58 bits per heavy atom. The summed E-state index contributed by atoms with van der Waals surface area (Å²) in [7, 11) is 0.695. The van der Waals surface area contributed by atoms with E-state index in [4.69, 9.17) is 9.47 Å². The van der Waals surface area contributed by atoms with E-state index in [1.807, 2.05) is 0 Å². The van der Waals surface area contributed by atoms with Crippen molar-refractivity contribution in [2.24, 2.45) is 0 Å². The lowest BCUT2D eigenvalue weighted by molar-refractivity contribution is 0.0773. The smallest absolute Gasteiger partial charge is 0.264 e. The number of amides is 1. The first kappa shape index (κ1) is 24.1. The van der Waals surface area contributed by atoms with E-state index in [2.05, 4.69) is 0 Å². The fourth-order valence-corrected chi connectivity index (χ4v) is 4.27. The van der Waals surface area contributed by atoms with Crippen LogP contribution in [-0.2, 0) is 10.0 Å². The van der Waals surface area contributed by atoms with Gasteiger partial charge in [0, 0.05) is 19.7 Å². The third-order valence-electron chi connectivity index (χ3n) is 5.03. The summed E-state index contributed by atoms with van der Waals surface area (Å²) in [5.74, 6) is 0.402. The molecule has 0 atom stereocenters. The largest absolute Gasteiger partial charge is 0.497 e. The molecule has 3 aromatic carbocycles. The number of rotatable bonds is 9. The molecule has 0 fully saturated rings. The molecule has 0 heterocycles. The van der Waals surface area contributed by atoms with Crippen molar-refractivity contribution in [3.05, 3.63) is 84.2 Å². The number of benzene rings is 3. The van der Waals surface area contributed by atoms with Gasteiger partial charge >= 0.3 is 0 Å². The topological polar surface area (TPSA) is 76.2 Å². The lowest BCUT2D eigenvalue weighted by Gasteiger charge is -2.21. The number of methoxy groups -OCH3 is 1. The van der Waals surface area contributed by atoms with Gasteiger partial charge in [0.15, 0.2) is 0 Å². The predicted octanol–water partition coefficient (Wildman–Crippen LogP) is 3.81. The van der Waals surface area contributed by atoms with E-state index >= 15 is 0 Å². The van der Waals surface area contributed by atoms with E-state index in [0.717, 1.165) is 4.31 Å². The Labute approximate surface area is 193 Å². The summed E-state index contributed by atoms with van der Waals surface area (Å²) >= 11 is 0. The molecule has 1 amide bonds. The highest BCUT2D eigenvalue weighted by molar-refractivity contribution is 7.92. The zero-order valence-corrected chi connectivity index (χ0v) is 19.4. The normalized spacial score (nSPS) is 11.0. The number of ether oxygens (including phenoxy) is 2. The molecule has 0 saturated heterocycles. The first-order valence-corrected chi connectivity index (χ1v) is 11.5. The minimum absolute atomic E-state index is 0.00244. The second-order valence-electron chi connectivity index (χ2n) is 7.23. The Kier molecular flexibility index (Phi) is 7.55. The molecule has 0 aliphatic heterocycles. The third-order valence-corrected chi connectivity index (χ3v) is 6.81. The lowest BCUT2D eigenvalue weighted by Crippen LogP contribution is -2.31. The first-order valence-electron chi connectivity index (χ1n) is 10.1. The summed E-state index contributed by atoms with van der Waals surface area (Å²) in [6.45, 7) is 0.463. The molecule has 9 heteroatoms. The van der Waals surface area contributed by atoms with Crippen molar-refractivity contribution >= 4 is 21.6 Å². The van der Waals surface area contributed by atoms with E-state index in [1.54, 1.807) is 37.4 Å². The van der Waals surface area contributed by atoms with Crippen molar-refractivity contribution in [3.8, 4) is 11.5 Å². The summed E-state index contributed by atoms with van der Waals surface area (Å²) in [6, 6.07) is 18.1. The van der Waals surface area contributed by atoms with Gasteiger partial charge in [-0.2, -0.15) is 0 Å². The van der Waals surface area contributed by atoms with Crippen LogP contribution in [0.25, 0.3) is 0 Å². The molecule has 174 valence electrons. The van der Waals surface area contributed by atoms with Gasteiger partial charge in [-0.3, -0.25) is 9.10 Å². The molecule has 0 radical (unpaired) electrons. The van der Waals surface area contributed by atoms with Crippen LogP contribution in [0.15, 0.2) is 77.7 Å². The maximum absolute atomic E-state index is 13.1. The molecule has 3 rings (SSSR count). The van der Waals surface area contributed by atoms with E-state index in [9.17, 15) is 17.6 Å². The summed E-state index contributed by atoms with van der Waals surface area (Å²) in [6.07, 6.45) is 0. The number of carbonyl (C=O) groups excluding carboxylic acids is 1. The quantitative estimate of drug-likeness (QED) is 0.473. The highest BCUT2D eigenvalue weighted by Gasteiger charge is 2.23. The van der Waals surface area contributed by atoms with Crippen molar-refractivity contribution in [1.82, 2.24) is 4.90 Å². The first-order chi connectivity index (χ1) is 15.7. The number of halogens is 1. The SMILES string of the molecule is COc1ccc(N(C)S(=O)(=O)c2cccc(C(=O)N(C)CCOc3ccc(F)cc3)c2)cc1. The van der Waals surface area contributed by atoms with E-state index in [0.29, 0.717) is 17.2 Å². The highest BCUT2D eigenvalue weighted by Crippen LogP contribution is 2.25. The molecule has 0 N–H and O–H groups in total. The second-order valence-corrected chi connectivity index (χ2v) is 9.20. The molecule has 0 aromatic heterocycles. The maximum Gasteiger partial charge on any atom is 0.264 e. The minimum atomic E-state index is -3.88. The van der Waals surface area contributed by atoms with Gasteiger partial charge in [0.1, 0.15) is 23.9 Å². The van der Waals surface area contributed by atoms with Crippen molar-refractivity contribution in [2.45, 2.75) is 4.90 Å². The molecular formula is C24H25FN2O5S. The standard InChI is InChI=1S/C24H25FN2O5S/c1-26(15-16-32-22-11-7-19(25)8-12-22)24(28)18-5-4-6-23(17-18)33(29,30)27(2)20-9-13-21(31-3)14-10-20/h4-14,17H,15-16H2,1-3H3. The number of carbonyl (C=O) groups is 1. The Morgan fingerprint density at radius 1 is 0.939 bits per heavy atom. The lowest BCUT2D eigenvalue weighted by atomic mass is 10.2. The van der Waals surface area contributed by atoms with Gasteiger partial charge in [0.2, 0.25) is 0 Å². The molecule has 33 heavy (non-hydrogen) atoms. The molecule has 3 aromatic rings. The Hall–Kier alpha value is -3.59. The highest BCUT2D eigenvalue weighted by atomic mass is 32.2. The maximum atomic E-state index is 13.1. The van der Waals surface area contributed by atoms with Crippen molar-refractivity contribution in [2.75, 3.05) is 38.7 Å². The van der Waals surface area contributed by atoms with Gasteiger partial charge in [0.25, 0.3) is 15.9 Å². The van der Waals surface area contributed by atoms with Crippen LogP contribution in [0.4, 0.5) is 10.1 Å². The molecule has 0 bridgehead atoms. The molecule has 0 unspecified atom stereocenters. The second kappa shape index (κ2) is 10.4. The van der Waals surface area contributed by atoms with Gasteiger partial charge in [-0.25, -0.2) is 12.8 Å². The van der Waals surface area contributed by atoms with Gasteiger partial charge in [-0.1, -0.05) is 6.07 Å². The van der Waals surface area contributed by atoms with Crippen LogP contribution in [0.1, 0.15) is 10.4 Å². The summed E-state index contributed by atoms with van der Waals surface area (Å²) < 4.78 is 51.0. The molecular weight excluding hydrogens is 447 g/mol. The number of sulfonamides is 1. The molecule has 7 nitrogen and oxygen atoms in total. The van der Waals surface area contributed by atoms with E-state index in [-0.39, 0.29) is 35.3 Å². The Bertz CT molecular complexity index is 1200. The van der Waals surface area contributed by atoms with Crippen molar-refractivity contribution in [3.63, 3.8) is 0 Å². The number of anilines is 1. The average molecular weight is 473 g/mol. The number of hydrogen-bond acceptors (Lipinski definition) is 5. The zero-order valence-electron chi connectivity index (χ0n) is 18.6. The molecule has 0 spiro atoms. The van der Waals surface area contributed by atoms with Crippen LogP contribution < -0.4 is 13.8 Å².